The molecule has 0 spiro atoms. The van der Waals surface area contributed by atoms with Crippen molar-refractivity contribution < 1.29 is 14.4 Å². The maximum Gasteiger partial charge on any atom is 0.225 e. The van der Waals surface area contributed by atoms with Crippen LogP contribution >= 0.6 is 9.39 Å². The summed E-state index contributed by atoms with van der Waals surface area (Å²) in [5, 5.41) is 2.40. The largest absolute Gasteiger partial charge is 0.345 e. The van der Waals surface area contributed by atoms with Gasteiger partial charge in [0.05, 0.1) is 0 Å². The fraction of sp³-hybridized carbons (Fsp3) is 0.667. The molecule has 0 heterocycles. The molecule has 1 N–H and O–H groups in total. The Morgan fingerprint density at radius 2 is 2.13 bits per heavy atom. The maximum absolute atomic E-state index is 11.6. The minimum Gasteiger partial charge on any atom is -0.345 e. The number of hydrogen-bond donors (Lipinski definition) is 1. The van der Waals surface area contributed by atoms with Crippen LogP contribution in [0.4, 0.5) is 0 Å². The lowest BCUT2D eigenvalue weighted by Crippen LogP contribution is -2.34. The standard InChI is InChI=1S/C9H17N2O3P/c1-7(4-6-12)9(14)11(2)5-3-8(13)10-15/h6-7H,3-5,15H2,1-2H3,(H,10,13). The van der Waals surface area contributed by atoms with Gasteiger partial charge in [0.25, 0.3) is 0 Å². The van der Waals surface area contributed by atoms with Crippen molar-refractivity contribution in [2.24, 2.45) is 5.92 Å². The highest BCUT2D eigenvalue weighted by Gasteiger charge is 2.17. The first-order valence-electron chi connectivity index (χ1n) is 4.71. The molecule has 15 heavy (non-hydrogen) atoms. The molecule has 2 atom stereocenters. The smallest absolute Gasteiger partial charge is 0.225 e. The molecule has 0 aromatic heterocycles. The number of nitrogens with one attached hydrogen (secondary N) is 1. The minimum atomic E-state index is -0.313. The van der Waals surface area contributed by atoms with Crippen LogP contribution in [0.2, 0.25) is 0 Å². The van der Waals surface area contributed by atoms with Gasteiger partial charge < -0.3 is 14.8 Å². The molecule has 0 aromatic carbocycles. The van der Waals surface area contributed by atoms with Crippen LogP contribution in [0.1, 0.15) is 19.8 Å². The van der Waals surface area contributed by atoms with Gasteiger partial charge in [0.2, 0.25) is 11.8 Å². The Bertz CT molecular complexity index is 246. The van der Waals surface area contributed by atoms with E-state index in [0.29, 0.717) is 6.54 Å². The Balaban J connectivity index is 3.98. The number of carbonyl (C=O) groups is 3. The highest BCUT2D eigenvalue weighted by atomic mass is 31.0. The molecule has 2 unspecified atom stereocenters. The Morgan fingerprint density at radius 1 is 1.53 bits per heavy atom. The van der Waals surface area contributed by atoms with Crippen LogP contribution in [0, 0.1) is 5.92 Å². The van der Waals surface area contributed by atoms with E-state index in [2.05, 4.69) is 14.5 Å². The van der Waals surface area contributed by atoms with Gasteiger partial charge in [0.1, 0.15) is 6.29 Å². The van der Waals surface area contributed by atoms with E-state index >= 15 is 0 Å². The normalized spacial score (nSPS) is 11.7. The number of hydrogen-bond acceptors (Lipinski definition) is 3. The lowest BCUT2D eigenvalue weighted by atomic mass is 10.1. The van der Waals surface area contributed by atoms with Gasteiger partial charge in [-0.2, -0.15) is 0 Å². The van der Waals surface area contributed by atoms with Crippen molar-refractivity contribution in [3.8, 4) is 0 Å². The SMILES string of the molecule is CC(CC=O)C(=O)N(C)CCC(=O)NP. The highest BCUT2D eigenvalue weighted by molar-refractivity contribution is 7.15. The Hall–Kier alpha value is -0.960. The molecule has 6 heteroatoms. The molecular weight excluding hydrogens is 215 g/mol. The fourth-order valence-electron chi connectivity index (χ4n) is 1.07. The van der Waals surface area contributed by atoms with Crippen molar-refractivity contribution in [3.05, 3.63) is 0 Å². The van der Waals surface area contributed by atoms with Crippen LogP contribution in [-0.4, -0.2) is 36.6 Å². The zero-order valence-corrected chi connectivity index (χ0v) is 10.2. The first-order valence-corrected chi connectivity index (χ1v) is 5.28. The lowest BCUT2D eigenvalue weighted by molar-refractivity contribution is -0.135. The quantitative estimate of drug-likeness (QED) is 0.516. The molecule has 0 radical (unpaired) electrons. The van der Waals surface area contributed by atoms with Crippen LogP contribution in [0.15, 0.2) is 0 Å². The summed E-state index contributed by atoms with van der Waals surface area (Å²) in [6, 6.07) is 0. The van der Waals surface area contributed by atoms with Gasteiger partial charge in [-0.05, 0) is 9.39 Å². The first kappa shape index (κ1) is 14.0. The van der Waals surface area contributed by atoms with Gasteiger partial charge in [0.15, 0.2) is 0 Å². The van der Waals surface area contributed by atoms with Gasteiger partial charge in [-0.25, -0.2) is 0 Å². The van der Waals surface area contributed by atoms with Crippen molar-refractivity contribution in [2.75, 3.05) is 13.6 Å². The number of aldehydes is 1. The van der Waals surface area contributed by atoms with E-state index in [9.17, 15) is 14.4 Å². The monoisotopic (exact) mass is 232 g/mol. The topological polar surface area (TPSA) is 66.5 Å². The van der Waals surface area contributed by atoms with E-state index in [1.807, 2.05) is 0 Å². The molecular formula is C9H17N2O3P. The van der Waals surface area contributed by atoms with Crippen LogP contribution in [0.25, 0.3) is 0 Å². The third-order valence-electron chi connectivity index (χ3n) is 2.08. The third kappa shape index (κ3) is 5.47. The lowest BCUT2D eigenvalue weighted by Gasteiger charge is -2.19. The molecule has 5 nitrogen and oxygen atoms in total. The molecule has 0 fully saturated rings. The maximum atomic E-state index is 11.6. The molecule has 0 rings (SSSR count). The third-order valence-corrected chi connectivity index (χ3v) is 2.40. The minimum absolute atomic E-state index is 0.112. The van der Waals surface area contributed by atoms with Crippen molar-refractivity contribution in [3.63, 3.8) is 0 Å². The molecule has 0 aliphatic heterocycles. The van der Waals surface area contributed by atoms with Crippen LogP contribution in [0.3, 0.4) is 0 Å². The Labute approximate surface area is 91.8 Å². The summed E-state index contributed by atoms with van der Waals surface area (Å²) in [6.07, 6.45) is 1.21. The number of rotatable bonds is 6. The van der Waals surface area contributed by atoms with E-state index in [1.165, 1.54) is 4.90 Å². The van der Waals surface area contributed by atoms with Crippen LogP contribution < -0.4 is 5.09 Å². The van der Waals surface area contributed by atoms with Gasteiger partial charge in [-0.1, -0.05) is 6.92 Å². The average Bonchev–Trinajstić information content (AvgIpc) is 2.24. The zero-order chi connectivity index (χ0) is 11.8. The Kier molecular flexibility index (Phi) is 6.88. The number of amides is 2. The van der Waals surface area contributed by atoms with E-state index in [-0.39, 0.29) is 30.6 Å². The van der Waals surface area contributed by atoms with Gasteiger partial charge in [0, 0.05) is 32.4 Å². The molecule has 0 aliphatic rings. The molecule has 86 valence electrons. The van der Waals surface area contributed by atoms with Gasteiger partial charge >= 0.3 is 0 Å². The predicted octanol–water partition coefficient (Wildman–Crippen LogP) is -0.0337. The van der Waals surface area contributed by atoms with Crippen molar-refractivity contribution in [2.45, 2.75) is 19.8 Å². The molecule has 0 aromatic rings. The second-order valence-electron chi connectivity index (χ2n) is 3.38. The summed E-state index contributed by atoms with van der Waals surface area (Å²) >= 11 is 0. The predicted molar refractivity (Wildman–Crippen MR) is 60.0 cm³/mol. The molecule has 0 saturated carbocycles. The van der Waals surface area contributed by atoms with E-state index in [4.69, 9.17) is 0 Å². The van der Waals surface area contributed by atoms with Crippen LogP contribution in [0.5, 0.6) is 0 Å². The van der Waals surface area contributed by atoms with E-state index in [1.54, 1.807) is 14.0 Å². The second kappa shape index (κ2) is 7.35. The summed E-state index contributed by atoms with van der Waals surface area (Å²) in [7, 11) is 3.74. The average molecular weight is 232 g/mol. The van der Waals surface area contributed by atoms with Crippen molar-refractivity contribution in [1.29, 1.82) is 0 Å². The molecule has 0 bridgehead atoms. The first-order chi connectivity index (χ1) is 7.02. The summed E-state index contributed by atoms with van der Waals surface area (Å²) in [5.74, 6) is -0.562. The molecule has 0 aliphatic carbocycles. The van der Waals surface area contributed by atoms with Gasteiger partial charge in [-0.3, -0.25) is 9.59 Å². The summed E-state index contributed by atoms with van der Waals surface area (Å²) < 4.78 is 0. The zero-order valence-electron chi connectivity index (χ0n) is 9.03. The van der Waals surface area contributed by atoms with Gasteiger partial charge in [-0.15, -0.1) is 0 Å². The Morgan fingerprint density at radius 3 is 2.60 bits per heavy atom. The highest BCUT2D eigenvalue weighted by Crippen LogP contribution is 2.04. The number of nitrogens with zero attached hydrogens (tertiary/aromatic N) is 1. The van der Waals surface area contributed by atoms with E-state index in [0.717, 1.165) is 6.29 Å². The molecule has 0 saturated heterocycles. The summed E-state index contributed by atoms with van der Waals surface area (Å²) in [5.41, 5.74) is 0. The van der Waals surface area contributed by atoms with Crippen molar-refractivity contribution in [1.82, 2.24) is 9.99 Å². The van der Waals surface area contributed by atoms with Crippen molar-refractivity contribution >= 4 is 27.5 Å². The molecule has 2 amide bonds. The van der Waals surface area contributed by atoms with E-state index < -0.39 is 0 Å². The summed E-state index contributed by atoms with van der Waals surface area (Å²) in [6.45, 7) is 2.06. The van der Waals surface area contributed by atoms with Crippen LogP contribution in [-0.2, 0) is 14.4 Å². The second-order valence-corrected chi connectivity index (χ2v) is 3.67. The summed E-state index contributed by atoms with van der Waals surface area (Å²) in [4.78, 5) is 34.2. The fourth-order valence-corrected chi connectivity index (χ4v) is 1.22. The number of carbonyl (C=O) groups excluding carboxylic acids is 3.